The number of nitrogens with one attached hydrogen (secondary N) is 3. The Bertz CT molecular complexity index is 418. The fraction of sp³-hybridized carbons (Fsp3) is 0.429. The summed E-state index contributed by atoms with van der Waals surface area (Å²) in [5.41, 5.74) is 1.13. The molecule has 0 aliphatic rings. The Labute approximate surface area is 113 Å². The van der Waals surface area contributed by atoms with Crippen molar-refractivity contribution < 1.29 is 9.59 Å². The molecule has 0 bridgehead atoms. The molecule has 0 aromatic heterocycles. The molecule has 5 nitrogen and oxygen atoms in total. The van der Waals surface area contributed by atoms with Gasteiger partial charge in [0.05, 0.1) is 6.54 Å². The molecule has 1 atom stereocenters. The van der Waals surface area contributed by atoms with Gasteiger partial charge in [-0.1, -0.05) is 44.2 Å². The van der Waals surface area contributed by atoms with E-state index in [1.54, 1.807) is 0 Å². The second kappa shape index (κ2) is 7.53. The van der Waals surface area contributed by atoms with Gasteiger partial charge >= 0.3 is 6.03 Å². The smallest absolute Gasteiger partial charge is 0.321 e. The molecular weight excluding hydrogens is 242 g/mol. The first-order valence-corrected chi connectivity index (χ1v) is 6.34. The van der Waals surface area contributed by atoms with Crippen molar-refractivity contribution in [2.24, 2.45) is 5.92 Å². The van der Waals surface area contributed by atoms with E-state index in [2.05, 4.69) is 29.8 Å². The predicted molar refractivity (Wildman–Crippen MR) is 74.6 cm³/mol. The molecule has 3 N–H and O–H groups in total. The van der Waals surface area contributed by atoms with Crippen LogP contribution >= 0.6 is 0 Å². The molecule has 1 aromatic rings. The molecule has 3 amide bonds. The lowest BCUT2D eigenvalue weighted by Crippen LogP contribution is -2.43. The molecule has 0 aliphatic heterocycles. The third-order valence-electron chi connectivity index (χ3n) is 2.79. The number of hydrogen-bond acceptors (Lipinski definition) is 3. The molecule has 0 spiro atoms. The molecule has 0 aliphatic carbocycles. The summed E-state index contributed by atoms with van der Waals surface area (Å²) in [5, 5.41) is 7.74. The van der Waals surface area contributed by atoms with Gasteiger partial charge in [0.2, 0.25) is 5.91 Å². The monoisotopic (exact) mass is 263 g/mol. The van der Waals surface area contributed by atoms with E-state index in [0.29, 0.717) is 5.92 Å². The van der Waals surface area contributed by atoms with Crippen LogP contribution in [0.1, 0.15) is 25.5 Å². The van der Waals surface area contributed by atoms with Crippen LogP contribution in [0.4, 0.5) is 4.79 Å². The minimum Gasteiger partial charge on any atom is -0.341 e. The zero-order valence-corrected chi connectivity index (χ0v) is 11.6. The number of imide groups is 1. The van der Waals surface area contributed by atoms with Crippen LogP contribution in [0, 0.1) is 5.92 Å². The molecule has 0 saturated heterocycles. The summed E-state index contributed by atoms with van der Waals surface area (Å²) in [6.07, 6.45) is 0. The molecular formula is C14H21N3O2. The number of hydrogen-bond donors (Lipinski definition) is 3. The first kappa shape index (κ1) is 15.2. The van der Waals surface area contributed by atoms with Crippen molar-refractivity contribution in [2.45, 2.75) is 19.9 Å². The average Bonchev–Trinajstić information content (AvgIpc) is 2.39. The van der Waals surface area contributed by atoms with Crippen molar-refractivity contribution in [3.63, 3.8) is 0 Å². The molecule has 5 heteroatoms. The lowest BCUT2D eigenvalue weighted by Gasteiger charge is -2.22. The van der Waals surface area contributed by atoms with Gasteiger partial charge < -0.3 is 10.6 Å². The molecule has 19 heavy (non-hydrogen) atoms. The van der Waals surface area contributed by atoms with Crippen LogP contribution in [0.2, 0.25) is 0 Å². The Morgan fingerprint density at radius 2 is 1.79 bits per heavy atom. The maximum atomic E-state index is 11.5. The minimum atomic E-state index is -0.493. The molecule has 1 aromatic carbocycles. The summed E-state index contributed by atoms with van der Waals surface area (Å²) in [6, 6.07) is 9.53. The van der Waals surface area contributed by atoms with E-state index < -0.39 is 6.03 Å². The van der Waals surface area contributed by atoms with Crippen molar-refractivity contribution in [2.75, 3.05) is 13.6 Å². The standard InChI is InChI=1S/C14H21N3O2/c1-10(2)13(11-7-5-4-6-8-11)16-9-12(18)17-14(19)15-3/h4-8,10,13,16H,9H2,1-3H3,(H2,15,17,18,19)/t13-/m1/s1. The van der Waals surface area contributed by atoms with Gasteiger partial charge in [-0.2, -0.15) is 0 Å². The van der Waals surface area contributed by atoms with Gasteiger partial charge in [0, 0.05) is 13.1 Å². The third kappa shape index (κ3) is 5.09. The number of carbonyl (C=O) groups excluding carboxylic acids is 2. The van der Waals surface area contributed by atoms with E-state index in [4.69, 9.17) is 0 Å². The summed E-state index contributed by atoms with van der Waals surface area (Å²) in [7, 11) is 1.47. The van der Waals surface area contributed by atoms with Crippen LogP contribution < -0.4 is 16.0 Å². The van der Waals surface area contributed by atoms with Crippen molar-refractivity contribution >= 4 is 11.9 Å². The Kier molecular flexibility index (Phi) is 6.02. The number of benzene rings is 1. The molecule has 0 saturated carbocycles. The predicted octanol–water partition coefficient (Wildman–Crippen LogP) is 1.43. The van der Waals surface area contributed by atoms with E-state index in [9.17, 15) is 9.59 Å². The van der Waals surface area contributed by atoms with Crippen LogP contribution in [-0.4, -0.2) is 25.5 Å². The van der Waals surface area contributed by atoms with Gasteiger partial charge in [0.1, 0.15) is 0 Å². The zero-order chi connectivity index (χ0) is 14.3. The summed E-state index contributed by atoms with van der Waals surface area (Å²) < 4.78 is 0. The third-order valence-corrected chi connectivity index (χ3v) is 2.79. The molecule has 0 unspecified atom stereocenters. The minimum absolute atomic E-state index is 0.0802. The van der Waals surface area contributed by atoms with Gasteiger partial charge in [0.15, 0.2) is 0 Å². The molecule has 0 radical (unpaired) electrons. The van der Waals surface area contributed by atoms with Crippen molar-refractivity contribution in [3.8, 4) is 0 Å². The highest BCUT2D eigenvalue weighted by Crippen LogP contribution is 2.20. The Hall–Kier alpha value is -1.88. The number of amides is 3. The van der Waals surface area contributed by atoms with Gasteiger partial charge in [0.25, 0.3) is 0 Å². The highest BCUT2D eigenvalue weighted by molar-refractivity contribution is 5.95. The van der Waals surface area contributed by atoms with Gasteiger partial charge in [-0.3, -0.25) is 10.1 Å². The molecule has 1 rings (SSSR count). The first-order valence-electron chi connectivity index (χ1n) is 6.34. The van der Waals surface area contributed by atoms with Crippen molar-refractivity contribution in [1.82, 2.24) is 16.0 Å². The van der Waals surface area contributed by atoms with Gasteiger partial charge in [-0.05, 0) is 11.5 Å². The van der Waals surface area contributed by atoms with E-state index >= 15 is 0 Å². The fourth-order valence-electron chi connectivity index (χ4n) is 1.83. The summed E-state index contributed by atoms with van der Waals surface area (Å²) in [5.74, 6) is -0.00358. The molecule has 104 valence electrons. The van der Waals surface area contributed by atoms with Gasteiger partial charge in [-0.15, -0.1) is 0 Å². The normalized spacial score (nSPS) is 12.0. The SMILES string of the molecule is CNC(=O)NC(=O)CN[C@@H](c1ccccc1)C(C)C. The largest absolute Gasteiger partial charge is 0.341 e. The van der Waals surface area contributed by atoms with Crippen LogP contribution in [0.15, 0.2) is 30.3 Å². The molecule has 0 fully saturated rings. The first-order chi connectivity index (χ1) is 9.04. The Morgan fingerprint density at radius 1 is 1.16 bits per heavy atom. The summed E-state index contributed by atoms with van der Waals surface area (Å²) in [6.45, 7) is 4.27. The second-order valence-electron chi connectivity index (χ2n) is 4.64. The van der Waals surface area contributed by atoms with E-state index in [1.165, 1.54) is 7.05 Å². The fourth-order valence-corrected chi connectivity index (χ4v) is 1.83. The van der Waals surface area contributed by atoms with E-state index in [0.717, 1.165) is 5.56 Å². The van der Waals surface area contributed by atoms with Crippen LogP contribution in [0.25, 0.3) is 0 Å². The highest BCUT2D eigenvalue weighted by atomic mass is 16.2. The summed E-state index contributed by atoms with van der Waals surface area (Å²) >= 11 is 0. The number of urea groups is 1. The van der Waals surface area contributed by atoms with Crippen LogP contribution in [0.3, 0.4) is 0 Å². The van der Waals surface area contributed by atoms with Crippen molar-refractivity contribution in [1.29, 1.82) is 0 Å². The van der Waals surface area contributed by atoms with Crippen LogP contribution in [-0.2, 0) is 4.79 Å². The maximum Gasteiger partial charge on any atom is 0.321 e. The summed E-state index contributed by atoms with van der Waals surface area (Å²) in [4.78, 5) is 22.5. The number of rotatable bonds is 5. The average molecular weight is 263 g/mol. The van der Waals surface area contributed by atoms with E-state index in [-0.39, 0.29) is 18.5 Å². The van der Waals surface area contributed by atoms with Gasteiger partial charge in [-0.25, -0.2) is 4.79 Å². The van der Waals surface area contributed by atoms with Crippen LogP contribution in [0.5, 0.6) is 0 Å². The topological polar surface area (TPSA) is 70.2 Å². The Morgan fingerprint density at radius 3 is 2.32 bits per heavy atom. The molecule has 0 heterocycles. The van der Waals surface area contributed by atoms with Crippen molar-refractivity contribution in [3.05, 3.63) is 35.9 Å². The lowest BCUT2D eigenvalue weighted by molar-refractivity contribution is -0.119. The maximum absolute atomic E-state index is 11.5. The van der Waals surface area contributed by atoms with E-state index in [1.807, 2.05) is 30.3 Å². The second-order valence-corrected chi connectivity index (χ2v) is 4.64. The quantitative estimate of drug-likeness (QED) is 0.752. The highest BCUT2D eigenvalue weighted by Gasteiger charge is 2.16. The lowest BCUT2D eigenvalue weighted by atomic mass is 9.96. The Balaban J connectivity index is 2.56. The zero-order valence-electron chi connectivity index (χ0n) is 11.6. The number of carbonyl (C=O) groups is 2.